The topological polar surface area (TPSA) is 49.3 Å². The first kappa shape index (κ1) is 11.7. The van der Waals surface area contributed by atoms with Gasteiger partial charge >= 0.3 is 5.97 Å². The summed E-state index contributed by atoms with van der Waals surface area (Å²) in [6.07, 6.45) is 0. The second kappa shape index (κ2) is 4.94. The van der Waals surface area contributed by atoms with Crippen LogP contribution in [0.15, 0.2) is 18.2 Å². The third-order valence-electron chi connectivity index (χ3n) is 2.55. The van der Waals surface area contributed by atoms with Crippen molar-refractivity contribution in [3.63, 3.8) is 0 Å². The van der Waals surface area contributed by atoms with Gasteiger partial charge in [0.05, 0.1) is 0 Å². The molecule has 2 N–H and O–H groups in total. The van der Waals surface area contributed by atoms with Crippen molar-refractivity contribution in [1.82, 2.24) is 5.32 Å². The fourth-order valence-corrected chi connectivity index (χ4v) is 1.27. The van der Waals surface area contributed by atoms with Crippen LogP contribution < -0.4 is 5.32 Å². The zero-order valence-electron chi connectivity index (χ0n) is 9.37. The highest BCUT2D eigenvalue weighted by atomic mass is 16.4. The molecule has 3 nitrogen and oxygen atoms in total. The molecule has 0 heterocycles. The number of nitrogens with one attached hydrogen (secondary N) is 1. The number of rotatable bonds is 4. The Morgan fingerprint density at radius 2 is 2.07 bits per heavy atom. The normalized spacial score (nSPS) is 12.5. The Kier molecular flexibility index (Phi) is 3.86. The van der Waals surface area contributed by atoms with Gasteiger partial charge in [0, 0.05) is 6.54 Å². The zero-order chi connectivity index (χ0) is 11.4. The molecule has 0 fully saturated rings. The Labute approximate surface area is 90.1 Å². The summed E-state index contributed by atoms with van der Waals surface area (Å²) < 4.78 is 0. The Bertz CT molecular complexity index is 361. The molecule has 0 unspecified atom stereocenters. The minimum Gasteiger partial charge on any atom is -0.480 e. The van der Waals surface area contributed by atoms with Crippen LogP contribution in [0.25, 0.3) is 0 Å². The van der Waals surface area contributed by atoms with Crippen molar-refractivity contribution < 1.29 is 9.90 Å². The molecule has 0 aliphatic carbocycles. The van der Waals surface area contributed by atoms with Gasteiger partial charge in [-0.15, -0.1) is 0 Å². The molecule has 0 aliphatic rings. The molecule has 0 amide bonds. The SMILES string of the molecule is Cc1ccc(CN[C@@H](C)C(=O)O)cc1C. The lowest BCUT2D eigenvalue weighted by Gasteiger charge is -2.10. The average molecular weight is 207 g/mol. The molecule has 82 valence electrons. The summed E-state index contributed by atoms with van der Waals surface area (Å²) in [7, 11) is 0. The molecule has 0 radical (unpaired) electrons. The van der Waals surface area contributed by atoms with Gasteiger partial charge in [-0.2, -0.15) is 0 Å². The maximum atomic E-state index is 10.6. The Balaban J connectivity index is 2.58. The second-order valence-electron chi connectivity index (χ2n) is 3.86. The van der Waals surface area contributed by atoms with Gasteiger partial charge in [0.25, 0.3) is 0 Å². The Morgan fingerprint density at radius 3 is 2.60 bits per heavy atom. The molecule has 1 aromatic rings. The van der Waals surface area contributed by atoms with E-state index in [-0.39, 0.29) is 0 Å². The molecule has 0 aliphatic heterocycles. The maximum Gasteiger partial charge on any atom is 0.320 e. The van der Waals surface area contributed by atoms with Crippen molar-refractivity contribution in [2.45, 2.75) is 33.4 Å². The lowest BCUT2D eigenvalue weighted by atomic mass is 10.1. The van der Waals surface area contributed by atoms with Crippen molar-refractivity contribution >= 4 is 5.97 Å². The molecule has 3 heteroatoms. The lowest BCUT2D eigenvalue weighted by Crippen LogP contribution is -2.33. The van der Waals surface area contributed by atoms with E-state index in [0.717, 1.165) is 5.56 Å². The molecular formula is C12H17NO2. The quantitative estimate of drug-likeness (QED) is 0.792. The van der Waals surface area contributed by atoms with E-state index in [4.69, 9.17) is 5.11 Å². The van der Waals surface area contributed by atoms with Crippen LogP contribution in [-0.2, 0) is 11.3 Å². The maximum absolute atomic E-state index is 10.6. The van der Waals surface area contributed by atoms with Crippen molar-refractivity contribution in [1.29, 1.82) is 0 Å². The number of hydrogen-bond acceptors (Lipinski definition) is 2. The first-order valence-electron chi connectivity index (χ1n) is 5.03. The predicted molar refractivity (Wildman–Crippen MR) is 59.9 cm³/mol. The van der Waals surface area contributed by atoms with Crippen LogP contribution in [0.5, 0.6) is 0 Å². The van der Waals surface area contributed by atoms with Crippen LogP contribution in [0.1, 0.15) is 23.6 Å². The van der Waals surface area contributed by atoms with Gasteiger partial charge in [-0.25, -0.2) is 0 Å². The fourth-order valence-electron chi connectivity index (χ4n) is 1.27. The van der Waals surface area contributed by atoms with Crippen LogP contribution in [0, 0.1) is 13.8 Å². The van der Waals surface area contributed by atoms with Crippen molar-refractivity contribution in [3.05, 3.63) is 34.9 Å². The summed E-state index contributed by atoms with van der Waals surface area (Å²) in [5.41, 5.74) is 3.61. The van der Waals surface area contributed by atoms with Gasteiger partial charge in [-0.1, -0.05) is 18.2 Å². The zero-order valence-corrected chi connectivity index (χ0v) is 9.37. The molecule has 1 aromatic carbocycles. The van der Waals surface area contributed by atoms with E-state index in [0.29, 0.717) is 6.54 Å². The molecule has 0 aromatic heterocycles. The van der Waals surface area contributed by atoms with E-state index in [1.165, 1.54) is 11.1 Å². The lowest BCUT2D eigenvalue weighted by molar-refractivity contribution is -0.139. The van der Waals surface area contributed by atoms with E-state index < -0.39 is 12.0 Å². The minimum atomic E-state index is -0.821. The number of aliphatic carboxylic acids is 1. The molecule has 0 spiro atoms. The molecule has 0 saturated carbocycles. The summed E-state index contributed by atoms with van der Waals surface area (Å²) in [5.74, 6) is -0.821. The molecule has 0 saturated heterocycles. The van der Waals surface area contributed by atoms with E-state index >= 15 is 0 Å². The molecule has 15 heavy (non-hydrogen) atoms. The number of aryl methyl sites for hydroxylation is 2. The van der Waals surface area contributed by atoms with Crippen LogP contribution in [0.3, 0.4) is 0 Å². The van der Waals surface area contributed by atoms with Gasteiger partial charge < -0.3 is 10.4 Å². The summed E-state index contributed by atoms with van der Waals surface area (Å²) in [4.78, 5) is 10.6. The van der Waals surface area contributed by atoms with Crippen LogP contribution in [0.2, 0.25) is 0 Å². The van der Waals surface area contributed by atoms with E-state index in [1.54, 1.807) is 6.92 Å². The first-order chi connectivity index (χ1) is 7.00. The largest absolute Gasteiger partial charge is 0.480 e. The number of carbonyl (C=O) groups is 1. The van der Waals surface area contributed by atoms with Crippen molar-refractivity contribution in [2.75, 3.05) is 0 Å². The highest BCUT2D eigenvalue weighted by Crippen LogP contribution is 2.09. The number of hydrogen-bond donors (Lipinski definition) is 2. The highest BCUT2D eigenvalue weighted by Gasteiger charge is 2.09. The number of carboxylic acids is 1. The summed E-state index contributed by atoms with van der Waals surface area (Å²) >= 11 is 0. The predicted octanol–water partition coefficient (Wildman–Crippen LogP) is 1.87. The molecule has 1 rings (SSSR count). The Hall–Kier alpha value is -1.35. The van der Waals surface area contributed by atoms with Gasteiger partial charge in [0.2, 0.25) is 0 Å². The van der Waals surface area contributed by atoms with E-state index in [1.807, 2.05) is 6.07 Å². The number of benzene rings is 1. The summed E-state index contributed by atoms with van der Waals surface area (Å²) in [6, 6.07) is 5.64. The van der Waals surface area contributed by atoms with Gasteiger partial charge in [0.1, 0.15) is 6.04 Å². The second-order valence-corrected chi connectivity index (χ2v) is 3.86. The highest BCUT2D eigenvalue weighted by molar-refractivity contribution is 5.72. The van der Waals surface area contributed by atoms with E-state index in [9.17, 15) is 4.79 Å². The standard InChI is InChI=1S/C12H17NO2/c1-8-4-5-11(6-9(8)2)7-13-10(3)12(14)15/h4-6,10,13H,7H2,1-3H3,(H,14,15)/t10-/m0/s1. The van der Waals surface area contributed by atoms with E-state index in [2.05, 4.69) is 31.3 Å². The first-order valence-corrected chi connectivity index (χ1v) is 5.03. The van der Waals surface area contributed by atoms with Crippen LogP contribution >= 0.6 is 0 Å². The van der Waals surface area contributed by atoms with Crippen molar-refractivity contribution in [2.24, 2.45) is 0 Å². The molecular weight excluding hydrogens is 190 g/mol. The van der Waals surface area contributed by atoms with Crippen LogP contribution in [0.4, 0.5) is 0 Å². The number of carboxylic acid groups (broad SMARTS) is 1. The van der Waals surface area contributed by atoms with Gasteiger partial charge in [-0.3, -0.25) is 4.79 Å². The Morgan fingerprint density at radius 1 is 1.40 bits per heavy atom. The summed E-state index contributed by atoms with van der Waals surface area (Å²) in [5, 5.41) is 11.6. The molecule has 1 atom stereocenters. The van der Waals surface area contributed by atoms with Crippen LogP contribution in [-0.4, -0.2) is 17.1 Å². The van der Waals surface area contributed by atoms with Gasteiger partial charge in [0.15, 0.2) is 0 Å². The van der Waals surface area contributed by atoms with Crippen molar-refractivity contribution in [3.8, 4) is 0 Å². The summed E-state index contributed by atoms with van der Waals surface area (Å²) in [6.45, 7) is 6.35. The fraction of sp³-hybridized carbons (Fsp3) is 0.417. The average Bonchev–Trinajstić information content (AvgIpc) is 2.19. The van der Waals surface area contributed by atoms with Gasteiger partial charge in [-0.05, 0) is 37.5 Å². The third kappa shape index (κ3) is 3.36. The monoisotopic (exact) mass is 207 g/mol. The molecule has 0 bridgehead atoms. The smallest absolute Gasteiger partial charge is 0.320 e. The third-order valence-corrected chi connectivity index (χ3v) is 2.55. The minimum absolute atomic E-state index is 0.508.